The molecule has 0 radical (unpaired) electrons. The normalized spacial score (nSPS) is 22.4. The Kier molecular flexibility index (Phi) is 4.15. The summed E-state index contributed by atoms with van der Waals surface area (Å²) < 4.78 is 5.54. The van der Waals surface area contributed by atoms with Crippen molar-refractivity contribution in [2.75, 3.05) is 13.2 Å². The molecule has 5 heteroatoms. The smallest absolute Gasteiger partial charge is 0.247 e. The van der Waals surface area contributed by atoms with Crippen LogP contribution in [0, 0.1) is 0 Å². The zero-order valence-corrected chi connectivity index (χ0v) is 12.8. The molecule has 22 heavy (non-hydrogen) atoms. The number of benzene rings is 1. The molecule has 3 rings (SSSR count). The van der Waals surface area contributed by atoms with Gasteiger partial charge in [0.2, 0.25) is 5.91 Å². The Balaban J connectivity index is 1.75. The SMILES string of the molecule is CC1CN(C(=O)/C=C/c2cnc3ccccc3n2)C(C)CO1. The number of para-hydroxylation sites is 2. The predicted molar refractivity (Wildman–Crippen MR) is 85.2 cm³/mol. The Bertz CT molecular complexity index is 714. The maximum absolute atomic E-state index is 12.3. The number of hydrogen-bond acceptors (Lipinski definition) is 4. The van der Waals surface area contributed by atoms with Crippen molar-refractivity contribution in [3.63, 3.8) is 0 Å². The largest absolute Gasteiger partial charge is 0.375 e. The van der Waals surface area contributed by atoms with Gasteiger partial charge in [0.15, 0.2) is 0 Å². The Hall–Kier alpha value is -2.27. The van der Waals surface area contributed by atoms with E-state index in [1.807, 2.05) is 43.0 Å². The van der Waals surface area contributed by atoms with Crippen molar-refractivity contribution in [2.45, 2.75) is 26.0 Å². The van der Waals surface area contributed by atoms with Crippen molar-refractivity contribution in [1.82, 2.24) is 14.9 Å². The molecule has 1 aliphatic heterocycles. The van der Waals surface area contributed by atoms with Crippen LogP contribution in [-0.2, 0) is 9.53 Å². The van der Waals surface area contributed by atoms with E-state index in [9.17, 15) is 4.79 Å². The Morgan fingerprint density at radius 1 is 1.32 bits per heavy atom. The van der Waals surface area contributed by atoms with Gasteiger partial charge in [0.1, 0.15) is 0 Å². The average molecular weight is 297 g/mol. The molecule has 1 fully saturated rings. The fraction of sp³-hybridized carbons (Fsp3) is 0.353. The van der Waals surface area contributed by atoms with Crippen LogP contribution in [0.3, 0.4) is 0 Å². The summed E-state index contributed by atoms with van der Waals surface area (Å²) in [6, 6.07) is 7.77. The third-order valence-electron chi connectivity index (χ3n) is 3.75. The number of carbonyl (C=O) groups is 1. The standard InChI is InChI=1S/C17H19N3O2/c1-12-11-22-13(2)10-20(12)17(21)8-7-14-9-18-15-5-3-4-6-16(15)19-14/h3-9,12-13H,10-11H2,1-2H3/b8-7+. The molecule has 1 aromatic carbocycles. The van der Waals surface area contributed by atoms with Gasteiger partial charge in [0, 0.05) is 12.6 Å². The van der Waals surface area contributed by atoms with Crippen LogP contribution in [0.4, 0.5) is 0 Å². The lowest BCUT2D eigenvalue weighted by Crippen LogP contribution is -2.49. The first kappa shape index (κ1) is 14.7. The fourth-order valence-corrected chi connectivity index (χ4v) is 2.51. The van der Waals surface area contributed by atoms with Gasteiger partial charge >= 0.3 is 0 Å². The van der Waals surface area contributed by atoms with Gasteiger partial charge in [0.05, 0.1) is 41.7 Å². The van der Waals surface area contributed by atoms with Crippen molar-refractivity contribution in [2.24, 2.45) is 0 Å². The highest BCUT2D eigenvalue weighted by Crippen LogP contribution is 2.13. The zero-order valence-electron chi connectivity index (χ0n) is 12.8. The molecular formula is C17H19N3O2. The van der Waals surface area contributed by atoms with Crippen LogP contribution >= 0.6 is 0 Å². The van der Waals surface area contributed by atoms with E-state index in [-0.39, 0.29) is 18.1 Å². The summed E-state index contributed by atoms with van der Waals surface area (Å²) in [5, 5.41) is 0. The number of nitrogens with zero attached hydrogens (tertiary/aromatic N) is 3. The highest BCUT2D eigenvalue weighted by atomic mass is 16.5. The third kappa shape index (κ3) is 3.14. The number of hydrogen-bond donors (Lipinski definition) is 0. The lowest BCUT2D eigenvalue weighted by atomic mass is 10.2. The molecule has 1 aromatic heterocycles. The molecule has 0 bridgehead atoms. The van der Waals surface area contributed by atoms with E-state index in [0.29, 0.717) is 18.8 Å². The highest BCUT2D eigenvalue weighted by molar-refractivity contribution is 5.92. The van der Waals surface area contributed by atoms with Crippen LogP contribution < -0.4 is 0 Å². The Morgan fingerprint density at radius 2 is 2.09 bits per heavy atom. The van der Waals surface area contributed by atoms with Gasteiger partial charge < -0.3 is 9.64 Å². The van der Waals surface area contributed by atoms with Gasteiger partial charge in [-0.2, -0.15) is 0 Å². The number of carbonyl (C=O) groups excluding carboxylic acids is 1. The quantitative estimate of drug-likeness (QED) is 0.798. The predicted octanol–water partition coefficient (Wildman–Crippen LogP) is 2.28. The Labute approximate surface area is 129 Å². The van der Waals surface area contributed by atoms with Crippen molar-refractivity contribution >= 4 is 23.0 Å². The van der Waals surface area contributed by atoms with Crippen molar-refractivity contribution in [1.29, 1.82) is 0 Å². The third-order valence-corrected chi connectivity index (χ3v) is 3.75. The van der Waals surface area contributed by atoms with Gasteiger partial charge in [0.25, 0.3) is 0 Å². The maximum Gasteiger partial charge on any atom is 0.247 e. The molecule has 2 heterocycles. The molecule has 2 aromatic rings. The van der Waals surface area contributed by atoms with E-state index in [0.717, 1.165) is 11.0 Å². The van der Waals surface area contributed by atoms with E-state index in [2.05, 4.69) is 9.97 Å². The molecule has 0 N–H and O–H groups in total. The minimum Gasteiger partial charge on any atom is -0.375 e. The lowest BCUT2D eigenvalue weighted by molar-refractivity contribution is -0.137. The summed E-state index contributed by atoms with van der Waals surface area (Å²) in [5.41, 5.74) is 2.35. The van der Waals surface area contributed by atoms with Crippen LogP contribution in [0.1, 0.15) is 19.5 Å². The molecule has 2 unspecified atom stereocenters. The van der Waals surface area contributed by atoms with E-state index < -0.39 is 0 Å². The second-order valence-corrected chi connectivity index (χ2v) is 5.60. The number of amides is 1. The molecule has 0 saturated carbocycles. The monoisotopic (exact) mass is 297 g/mol. The van der Waals surface area contributed by atoms with Crippen LogP contribution in [0.15, 0.2) is 36.5 Å². The average Bonchev–Trinajstić information content (AvgIpc) is 2.54. The van der Waals surface area contributed by atoms with E-state index >= 15 is 0 Å². The van der Waals surface area contributed by atoms with Gasteiger partial charge in [-0.3, -0.25) is 9.78 Å². The first-order valence-corrected chi connectivity index (χ1v) is 7.45. The molecule has 114 valence electrons. The van der Waals surface area contributed by atoms with Gasteiger partial charge in [-0.25, -0.2) is 4.98 Å². The second-order valence-electron chi connectivity index (χ2n) is 5.60. The Morgan fingerprint density at radius 3 is 2.91 bits per heavy atom. The first-order chi connectivity index (χ1) is 10.6. The summed E-state index contributed by atoms with van der Waals surface area (Å²) in [6.07, 6.45) is 5.04. The summed E-state index contributed by atoms with van der Waals surface area (Å²) in [5.74, 6) is -0.0161. The summed E-state index contributed by atoms with van der Waals surface area (Å²) in [6.45, 7) is 5.17. The number of ether oxygens (including phenoxy) is 1. The fourth-order valence-electron chi connectivity index (χ4n) is 2.51. The van der Waals surface area contributed by atoms with Crippen LogP contribution in [-0.4, -0.2) is 46.1 Å². The summed E-state index contributed by atoms with van der Waals surface area (Å²) in [7, 11) is 0. The summed E-state index contributed by atoms with van der Waals surface area (Å²) in [4.78, 5) is 23.0. The van der Waals surface area contributed by atoms with E-state index in [1.165, 1.54) is 0 Å². The zero-order chi connectivity index (χ0) is 15.5. The van der Waals surface area contributed by atoms with E-state index in [4.69, 9.17) is 4.74 Å². The topological polar surface area (TPSA) is 55.3 Å². The summed E-state index contributed by atoms with van der Waals surface area (Å²) >= 11 is 0. The molecule has 2 atom stereocenters. The second kappa shape index (κ2) is 6.23. The van der Waals surface area contributed by atoms with Gasteiger partial charge in [-0.15, -0.1) is 0 Å². The van der Waals surface area contributed by atoms with Gasteiger partial charge in [-0.05, 0) is 32.1 Å². The van der Waals surface area contributed by atoms with Crippen LogP contribution in [0.25, 0.3) is 17.1 Å². The van der Waals surface area contributed by atoms with Crippen LogP contribution in [0.5, 0.6) is 0 Å². The molecule has 0 aliphatic carbocycles. The molecule has 0 spiro atoms. The molecule has 1 aliphatic rings. The number of fused-ring (bicyclic) bond motifs is 1. The minimum absolute atomic E-state index is 0.0161. The van der Waals surface area contributed by atoms with Crippen LogP contribution in [0.2, 0.25) is 0 Å². The molecule has 5 nitrogen and oxygen atoms in total. The molecule has 1 amide bonds. The maximum atomic E-state index is 12.3. The molecular weight excluding hydrogens is 278 g/mol. The lowest BCUT2D eigenvalue weighted by Gasteiger charge is -2.36. The van der Waals surface area contributed by atoms with Gasteiger partial charge in [-0.1, -0.05) is 12.1 Å². The number of morpholine rings is 1. The van der Waals surface area contributed by atoms with Crippen molar-refractivity contribution < 1.29 is 9.53 Å². The first-order valence-electron chi connectivity index (χ1n) is 7.45. The van der Waals surface area contributed by atoms with Crippen molar-refractivity contribution in [3.05, 3.63) is 42.2 Å². The van der Waals surface area contributed by atoms with Crippen molar-refractivity contribution in [3.8, 4) is 0 Å². The number of rotatable bonds is 2. The minimum atomic E-state index is -0.0161. The van der Waals surface area contributed by atoms with E-state index in [1.54, 1.807) is 18.3 Å². The highest BCUT2D eigenvalue weighted by Gasteiger charge is 2.25. The number of aromatic nitrogens is 2. The molecule has 1 saturated heterocycles.